The normalized spacial score (nSPS) is 26.5. The van der Waals surface area contributed by atoms with Crippen LogP contribution in [0.3, 0.4) is 0 Å². The van der Waals surface area contributed by atoms with Crippen LogP contribution < -0.4 is 26.6 Å². The number of alkyl halides is 1. The van der Waals surface area contributed by atoms with Gasteiger partial charge in [-0.3, -0.25) is 23.7 Å². The number of carbonyl (C=O) groups excluding carboxylic acids is 1. The number of H-pyrrole nitrogens is 1. The number of nitrogens with zero attached hydrogens (tertiary/aromatic N) is 1. The summed E-state index contributed by atoms with van der Waals surface area (Å²) in [6.07, 6.45) is -5.37. The molecule has 38 heavy (non-hydrogen) atoms. The van der Waals surface area contributed by atoms with Crippen LogP contribution in [-0.2, 0) is 23.4 Å². The van der Waals surface area contributed by atoms with E-state index in [4.69, 9.17) is 24.3 Å². The van der Waals surface area contributed by atoms with Gasteiger partial charge in [0.2, 0.25) is 0 Å². The summed E-state index contributed by atoms with van der Waals surface area (Å²) in [6.45, 7) is 4.74. The van der Waals surface area contributed by atoms with Crippen molar-refractivity contribution >= 4 is 13.7 Å². The first-order chi connectivity index (χ1) is 17.8. The first kappa shape index (κ1) is 29.7. The van der Waals surface area contributed by atoms with Gasteiger partial charge in [-0.1, -0.05) is 18.2 Å². The summed E-state index contributed by atoms with van der Waals surface area (Å²) in [5.41, 5.74) is 2.37. The number of ether oxygens (including phenoxy) is 2. The van der Waals surface area contributed by atoms with Crippen LogP contribution in [-0.4, -0.2) is 63.3 Å². The highest BCUT2D eigenvalue weighted by molar-refractivity contribution is 7.52. The molecule has 0 amide bonds. The monoisotopic (exact) mass is 558 g/mol. The zero-order chi connectivity index (χ0) is 28.3. The van der Waals surface area contributed by atoms with E-state index >= 15 is 0 Å². The lowest BCUT2D eigenvalue weighted by molar-refractivity contribution is -0.149. The average molecular weight is 559 g/mol. The molecule has 0 aliphatic carbocycles. The van der Waals surface area contributed by atoms with Crippen LogP contribution in [0.5, 0.6) is 5.75 Å². The fourth-order valence-electron chi connectivity index (χ4n) is 3.85. The summed E-state index contributed by atoms with van der Waals surface area (Å²) in [5.74, 6) is -0.580. The molecule has 0 bridgehead atoms. The van der Waals surface area contributed by atoms with Gasteiger partial charge in [-0.05, 0) is 39.8 Å². The Labute approximate surface area is 217 Å². The average Bonchev–Trinajstić information content (AvgIpc) is 3.10. The number of esters is 1. The number of benzene rings is 1. The Morgan fingerprint density at radius 3 is 2.50 bits per heavy atom. The van der Waals surface area contributed by atoms with Crippen LogP contribution in [0.1, 0.15) is 33.9 Å². The molecule has 210 valence electrons. The Morgan fingerprint density at radius 2 is 1.92 bits per heavy atom. The second-order valence-electron chi connectivity index (χ2n) is 9.21. The summed E-state index contributed by atoms with van der Waals surface area (Å²) >= 11 is 0. The lowest BCUT2D eigenvalue weighted by Gasteiger charge is -2.31. The third-order valence-electron chi connectivity index (χ3n) is 5.74. The van der Waals surface area contributed by atoms with E-state index in [2.05, 4.69) is 5.09 Å². The molecule has 15 heteroatoms. The van der Waals surface area contributed by atoms with Crippen LogP contribution in [0.4, 0.5) is 4.39 Å². The molecule has 7 atom stereocenters. The molecule has 1 aliphatic heterocycles. The maximum absolute atomic E-state index is 14.2. The summed E-state index contributed by atoms with van der Waals surface area (Å²) in [6, 6.07) is 7.84. The molecule has 0 radical (unpaired) electrons. The van der Waals surface area contributed by atoms with E-state index in [1.165, 1.54) is 26.0 Å². The second kappa shape index (κ2) is 11.9. The first-order valence-electron chi connectivity index (χ1n) is 11.8. The highest BCUT2D eigenvalue weighted by atomic mass is 31.2. The van der Waals surface area contributed by atoms with Gasteiger partial charge in [-0.2, -0.15) is 5.09 Å². The van der Waals surface area contributed by atoms with E-state index in [1.807, 2.05) is 4.98 Å². The molecule has 0 spiro atoms. The molecule has 1 saturated heterocycles. The SMILES string of the molecule is CC(C)OC(=O)[C@H](C)NP(=O)(Oc1ccccc1)O[C@@H](C)[C@H]1O[C@@H](n2ccc(=O)[nH]c2=O)[C@@](N)(CF)C1O. The van der Waals surface area contributed by atoms with Crippen LogP contribution in [0.25, 0.3) is 0 Å². The van der Waals surface area contributed by atoms with E-state index in [1.54, 1.807) is 32.0 Å². The Hall–Kier alpha value is -2.87. The molecular weight excluding hydrogens is 526 g/mol. The molecular formula is C23H32FN4O9P. The molecule has 0 saturated carbocycles. The minimum atomic E-state index is -4.38. The summed E-state index contributed by atoms with van der Waals surface area (Å²) in [5, 5.41) is 13.4. The zero-order valence-corrected chi connectivity index (χ0v) is 22.2. The van der Waals surface area contributed by atoms with Crippen molar-refractivity contribution in [3.05, 3.63) is 63.4 Å². The van der Waals surface area contributed by atoms with Crippen molar-refractivity contribution in [2.24, 2.45) is 5.73 Å². The molecule has 3 rings (SSSR count). The van der Waals surface area contributed by atoms with Gasteiger partial charge in [-0.15, -0.1) is 0 Å². The standard InChI is InChI=1S/C23H32FN4O9P/c1-13(2)34-20(31)14(3)27-38(33,37-16-8-6-5-7-9-16)36-15(4)18-19(30)23(25,12-24)21(35-18)28-11-10-17(29)26-22(28)32/h5-11,13-15,18-19,21,30H,12,25H2,1-4H3,(H,27,33)(H,26,29,32)/t14-,15-,18+,19?,21+,23+,38?/m0/s1. The lowest BCUT2D eigenvalue weighted by atomic mass is 9.91. The largest absolute Gasteiger partial charge is 0.462 e. The van der Waals surface area contributed by atoms with Gasteiger partial charge < -0.3 is 24.8 Å². The van der Waals surface area contributed by atoms with Crippen LogP contribution in [0, 0.1) is 0 Å². The van der Waals surface area contributed by atoms with Gasteiger partial charge in [0.15, 0.2) is 6.23 Å². The van der Waals surface area contributed by atoms with E-state index < -0.39 is 73.9 Å². The number of halogens is 1. The fourth-order valence-corrected chi connectivity index (χ4v) is 5.55. The Bertz CT molecular complexity index is 1270. The lowest BCUT2D eigenvalue weighted by Crippen LogP contribution is -2.58. The highest BCUT2D eigenvalue weighted by Gasteiger charge is 2.57. The minimum absolute atomic E-state index is 0.141. The Balaban J connectivity index is 1.89. The van der Waals surface area contributed by atoms with Crippen LogP contribution in [0.15, 0.2) is 52.2 Å². The highest BCUT2D eigenvalue weighted by Crippen LogP contribution is 2.48. The molecule has 5 N–H and O–H groups in total. The number of aromatic nitrogens is 2. The predicted octanol–water partition coefficient (Wildman–Crippen LogP) is 0.984. The van der Waals surface area contributed by atoms with E-state index in [-0.39, 0.29) is 5.75 Å². The smallest absolute Gasteiger partial charge is 0.459 e. The number of nitrogens with two attached hydrogens (primary N) is 1. The minimum Gasteiger partial charge on any atom is -0.462 e. The first-order valence-corrected chi connectivity index (χ1v) is 13.3. The van der Waals surface area contributed by atoms with Gasteiger partial charge in [-0.25, -0.2) is 13.8 Å². The Kier molecular flexibility index (Phi) is 9.29. The van der Waals surface area contributed by atoms with Crippen molar-refractivity contribution in [2.75, 3.05) is 6.67 Å². The van der Waals surface area contributed by atoms with Gasteiger partial charge in [0, 0.05) is 12.3 Å². The maximum atomic E-state index is 14.2. The predicted molar refractivity (Wildman–Crippen MR) is 133 cm³/mol. The molecule has 2 heterocycles. The third kappa shape index (κ3) is 6.57. The van der Waals surface area contributed by atoms with Crippen molar-refractivity contribution in [1.82, 2.24) is 14.6 Å². The van der Waals surface area contributed by atoms with Crippen molar-refractivity contribution in [3.63, 3.8) is 0 Å². The van der Waals surface area contributed by atoms with Crippen molar-refractivity contribution in [3.8, 4) is 5.75 Å². The van der Waals surface area contributed by atoms with Crippen molar-refractivity contribution in [1.29, 1.82) is 0 Å². The van der Waals surface area contributed by atoms with Crippen molar-refractivity contribution in [2.45, 2.75) is 69.9 Å². The number of carbonyl (C=O) groups is 1. The second-order valence-corrected chi connectivity index (χ2v) is 10.9. The maximum Gasteiger partial charge on any atom is 0.459 e. The third-order valence-corrected chi connectivity index (χ3v) is 7.50. The molecule has 1 aliphatic rings. The fraction of sp³-hybridized carbons (Fsp3) is 0.522. The summed E-state index contributed by atoms with van der Waals surface area (Å²) in [4.78, 5) is 38.2. The van der Waals surface area contributed by atoms with Crippen LogP contribution >= 0.6 is 7.75 Å². The summed E-state index contributed by atoms with van der Waals surface area (Å²) in [7, 11) is -4.38. The number of nitrogens with one attached hydrogen (secondary N) is 2. The quantitative estimate of drug-likeness (QED) is 0.228. The molecule has 1 aromatic carbocycles. The number of para-hydroxylation sites is 1. The molecule has 1 fully saturated rings. The van der Waals surface area contributed by atoms with Gasteiger partial charge >= 0.3 is 19.4 Å². The molecule has 2 aromatic rings. The van der Waals surface area contributed by atoms with Gasteiger partial charge in [0.05, 0.1) is 12.2 Å². The summed E-state index contributed by atoms with van der Waals surface area (Å²) < 4.78 is 51.0. The zero-order valence-electron chi connectivity index (χ0n) is 21.3. The number of aliphatic hydroxyl groups excluding tert-OH is 1. The number of aliphatic hydroxyl groups is 1. The van der Waals surface area contributed by atoms with E-state index in [9.17, 15) is 28.4 Å². The molecule has 13 nitrogen and oxygen atoms in total. The van der Waals surface area contributed by atoms with Crippen molar-refractivity contribution < 1.29 is 37.4 Å². The Morgan fingerprint density at radius 1 is 1.26 bits per heavy atom. The van der Waals surface area contributed by atoms with E-state index in [0.29, 0.717) is 0 Å². The van der Waals surface area contributed by atoms with E-state index in [0.717, 1.165) is 16.8 Å². The number of hydrogen-bond donors (Lipinski definition) is 4. The van der Waals surface area contributed by atoms with Gasteiger partial charge in [0.25, 0.3) is 5.56 Å². The number of rotatable bonds is 11. The van der Waals surface area contributed by atoms with Crippen LogP contribution in [0.2, 0.25) is 0 Å². The van der Waals surface area contributed by atoms with Gasteiger partial charge in [0.1, 0.15) is 36.2 Å². The molecule has 2 unspecified atom stereocenters. The number of aromatic amines is 1. The number of hydrogen-bond acceptors (Lipinski definition) is 10. The topological polar surface area (TPSA) is 184 Å². The molecule has 1 aromatic heterocycles.